The van der Waals surface area contributed by atoms with Crippen molar-refractivity contribution in [3.8, 4) is 22.8 Å². The number of rotatable bonds is 15. The molecule has 1 aromatic heterocycles. The minimum absolute atomic E-state index is 0.110. The molecule has 10 heteroatoms. The van der Waals surface area contributed by atoms with Crippen molar-refractivity contribution in [2.75, 3.05) is 54.1 Å². The second kappa shape index (κ2) is 15.5. The molecule has 0 spiro atoms. The van der Waals surface area contributed by atoms with E-state index in [2.05, 4.69) is 34.5 Å². The topological polar surface area (TPSA) is 107 Å². The summed E-state index contributed by atoms with van der Waals surface area (Å²) < 4.78 is 18.1. The molecule has 1 aliphatic rings. The smallest absolute Gasteiger partial charge is 0.272 e. The summed E-state index contributed by atoms with van der Waals surface area (Å²) in [6.07, 6.45) is 4.53. The van der Waals surface area contributed by atoms with E-state index in [1.807, 2.05) is 22.9 Å². The van der Waals surface area contributed by atoms with Crippen LogP contribution in [-0.2, 0) is 16.1 Å². The first kappa shape index (κ1) is 30.4. The normalized spacial score (nSPS) is 14.7. The summed E-state index contributed by atoms with van der Waals surface area (Å²) in [5, 5.41) is 10.7. The summed E-state index contributed by atoms with van der Waals surface area (Å²) in [5.74, 6) is 1.16. The molecule has 1 aromatic carbocycles. The van der Waals surface area contributed by atoms with Crippen molar-refractivity contribution in [2.24, 2.45) is 5.92 Å². The van der Waals surface area contributed by atoms with Crippen LogP contribution in [-0.4, -0.2) is 86.7 Å². The summed E-state index contributed by atoms with van der Waals surface area (Å²) in [5.41, 5.74) is 1.78. The lowest BCUT2D eigenvalue weighted by Gasteiger charge is -2.28. The molecule has 1 fully saturated rings. The number of carbonyl (C=O) groups excluding carboxylic acids is 2. The van der Waals surface area contributed by atoms with E-state index in [4.69, 9.17) is 14.2 Å². The van der Waals surface area contributed by atoms with E-state index in [9.17, 15) is 9.59 Å². The molecule has 3 rings (SSSR count). The van der Waals surface area contributed by atoms with Gasteiger partial charge in [-0.25, -0.2) is 0 Å². The van der Waals surface area contributed by atoms with Crippen molar-refractivity contribution in [3.05, 3.63) is 30.0 Å². The lowest BCUT2D eigenvalue weighted by atomic mass is 10.1. The molecule has 0 saturated carbocycles. The van der Waals surface area contributed by atoms with Gasteiger partial charge in [0.1, 0.15) is 11.5 Å². The van der Waals surface area contributed by atoms with Gasteiger partial charge in [0.2, 0.25) is 5.91 Å². The van der Waals surface area contributed by atoms with Crippen LogP contribution in [0.15, 0.2) is 24.3 Å². The summed E-state index contributed by atoms with van der Waals surface area (Å²) in [7, 11) is 4.82. The van der Waals surface area contributed by atoms with Crippen LogP contribution in [0, 0.1) is 5.92 Å². The molecule has 1 unspecified atom stereocenters. The zero-order chi connectivity index (χ0) is 28.2. The van der Waals surface area contributed by atoms with Gasteiger partial charge in [-0.1, -0.05) is 26.3 Å². The van der Waals surface area contributed by atoms with Gasteiger partial charge >= 0.3 is 0 Å². The van der Waals surface area contributed by atoms with E-state index in [0.717, 1.165) is 30.9 Å². The van der Waals surface area contributed by atoms with Crippen LogP contribution < -0.4 is 20.1 Å². The molecule has 0 bridgehead atoms. The van der Waals surface area contributed by atoms with Crippen LogP contribution in [0.2, 0.25) is 0 Å². The van der Waals surface area contributed by atoms with Gasteiger partial charge in [-0.3, -0.25) is 14.3 Å². The van der Waals surface area contributed by atoms with E-state index < -0.39 is 0 Å². The third-order valence-electron chi connectivity index (χ3n) is 6.87. The number of piperidine rings is 1. The number of benzene rings is 1. The fraction of sp³-hybridized carbons (Fsp3) is 0.621. The van der Waals surface area contributed by atoms with Crippen molar-refractivity contribution in [1.29, 1.82) is 0 Å². The van der Waals surface area contributed by atoms with Gasteiger partial charge in [0, 0.05) is 39.2 Å². The van der Waals surface area contributed by atoms with Crippen LogP contribution in [0.4, 0.5) is 0 Å². The molecule has 2 amide bonds. The fourth-order valence-corrected chi connectivity index (χ4v) is 4.91. The molecule has 2 aromatic rings. The Hall–Kier alpha value is -3.11. The van der Waals surface area contributed by atoms with E-state index >= 15 is 0 Å². The molecule has 1 atom stereocenters. The minimum atomic E-state index is -0.318. The Kier molecular flexibility index (Phi) is 12.1. The van der Waals surface area contributed by atoms with Gasteiger partial charge in [0.15, 0.2) is 5.69 Å². The molecule has 2 N–H and O–H groups in total. The van der Waals surface area contributed by atoms with Crippen molar-refractivity contribution in [1.82, 2.24) is 25.3 Å². The third-order valence-corrected chi connectivity index (χ3v) is 6.87. The number of likely N-dealkylation sites (tertiary alicyclic amines) is 1. The van der Waals surface area contributed by atoms with Crippen LogP contribution in [0.5, 0.6) is 11.5 Å². The maximum Gasteiger partial charge on any atom is 0.272 e. The van der Waals surface area contributed by atoms with Crippen LogP contribution >= 0.6 is 0 Å². The molecule has 10 nitrogen and oxygen atoms in total. The van der Waals surface area contributed by atoms with Gasteiger partial charge in [0.25, 0.3) is 5.91 Å². The molecule has 216 valence electrons. The molecule has 1 aliphatic heterocycles. The highest BCUT2D eigenvalue weighted by Gasteiger charge is 2.24. The standard InChI is InChI=1S/C29H45N5O5/c1-21(2)20-34-24(28-25(38-4)10-9-11-26(28)39-5)19-23(32-34)29(36)31-22(18-27(35)30-13-17-37-3)12-16-33-14-7-6-8-15-33/h9-11,19,21-22H,6-8,12-18,20H2,1-5H3,(H,30,35)(H,31,36). The first-order valence-corrected chi connectivity index (χ1v) is 13.9. The molecule has 2 heterocycles. The SMILES string of the molecule is COCCNC(=O)CC(CCN1CCCCC1)NC(=O)c1cc(-c2c(OC)cccc2OC)n(CC(C)C)n1. The first-order chi connectivity index (χ1) is 18.9. The number of nitrogens with zero attached hydrogens (tertiary/aromatic N) is 3. The number of hydrogen-bond acceptors (Lipinski definition) is 7. The van der Waals surface area contributed by atoms with Crippen molar-refractivity contribution >= 4 is 11.8 Å². The van der Waals surface area contributed by atoms with E-state index in [1.165, 1.54) is 19.3 Å². The van der Waals surface area contributed by atoms with Gasteiger partial charge in [-0.2, -0.15) is 5.10 Å². The number of nitrogens with one attached hydrogen (secondary N) is 2. The van der Waals surface area contributed by atoms with Crippen LogP contribution in [0.25, 0.3) is 11.3 Å². The zero-order valence-electron chi connectivity index (χ0n) is 24.1. The lowest BCUT2D eigenvalue weighted by Crippen LogP contribution is -2.42. The Morgan fingerprint density at radius 2 is 1.74 bits per heavy atom. The average Bonchev–Trinajstić information content (AvgIpc) is 3.34. The van der Waals surface area contributed by atoms with E-state index in [1.54, 1.807) is 27.4 Å². The maximum atomic E-state index is 13.5. The molecule has 0 radical (unpaired) electrons. The highest BCUT2D eigenvalue weighted by molar-refractivity contribution is 5.94. The summed E-state index contributed by atoms with van der Waals surface area (Å²) >= 11 is 0. The maximum absolute atomic E-state index is 13.5. The van der Waals surface area contributed by atoms with E-state index in [-0.39, 0.29) is 24.3 Å². The number of ether oxygens (including phenoxy) is 3. The Balaban J connectivity index is 1.83. The minimum Gasteiger partial charge on any atom is -0.496 e. The largest absolute Gasteiger partial charge is 0.496 e. The van der Waals surface area contributed by atoms with Crippen molar-refractivity contribution < 1.29 is 23.8 Å². The Labute approximate surface area is 232 Å². The number of carbonyl (C=O) groups is 2. The number of aromatic nitrogens is 2. The second-order valence-corrected chi connectivity index (χ2v) is 10.4. The summed E-state index contributed by atoms with van der Waals surface area (Å²) in [6, 6.07) is 7.05. The van der Waals surface area contributed by atoms with Gasteiger partial charge in [-0.15, -0.1) is 0 Å². The highest BCUT2D eigenvalue weighted by Crippen LogP contribution is 2.38. The molecule has 1 saturated heterocycles. The first-order valence-electron chi connectivity index (χ1n) is 13.9. The fourth-order valence-electron chi connectivity index (χ4n) is 4.91. The third kappa shape index (κ3) is 8.96. The second-order valence-electron chi connectivity index (χ2n) is 10.4. The summed E-state index contributed by atoms with van der Waals surface area (Å²) in [4.78, 5) is 28.6. The predicted octanol–water partition coefficient (Wildman–Crippen LogP) is 3.35. The number of amides is 2. The summed E-state index contributed by atoms with van der Waals surface area (Å²) in [6.45, 7) is 8.65. The molecule has 0 aliphatic carbocycles. The Morgan fingerprint density at radius 1 is 1.05 bits per heavy atom. The van der Waals surface area contributed by atoms with Gasteiger partial charge in [0.05, 0.1) is 32.1 Å². The monoisotopic (exact) mass is 543 g/mol. The average molecular weight is 544 g/mol. The van der Waals surface area contributed by atoms with Crippen LogP contribution in [0.1, 0.15) is 56.4 Å². The molecular weight excluding hydrogens is 498 g/mol. The Morgan fingerprint density at radius 3 is 2.36 bits per heavy atom. The highest BCUT2D eigenvalue weighted by atomic mass is 16.5. The van der Waals surface area contributed by atoms with Crippen LogP contribution in [0.3, 0.4) is 0 Å². The lowest BCUT2D eigenvalue weighted by molar-refractivity contribution is -0.121. The van der Waals surface area contributed by atoms with Gasteiger partial charge in [-0.05, 0) is 56.5 Å². The quantitative estimate of drug-likeness (QED) is 0.332. The number of hydrogen-bond donors (Lipinski definition) is 2. The molecule has 39 heavy (non-hydrogen) atoms. The number of methoxy groups -OCH3 is 3. The zero-order valence-corrected chi connectivity index (χ0v) is 24.1. The van der Waals surface area contributed by atoms with Crippen molar-refractivity contribution in [2.45, 2.75) is 58.5 Å². The van der Waals surface area contributed by atoms with Crippen molar-refractivity contribution in [3.63, 3.8) is 0 Å². The van der Waals surface area contributed by atoms with Gasteiger partial charge < -0.3 is 29.7 Å². The molecular formula is C29H45N5O5. The Bertz CT molecular complexity index is 1040. The van der Waals surface area contributed by atoms with E-state index in [0.29, 0.717) is 49.2 Å². The predicted molar refractivity (Wildman–Crippen MR) is 151 cm³/mol.